The van der Waals surface area contributed by atoms with Crippen LogP contribution >= 0.6 is 0 Å². The van der Waals surface area contributed by atoms with E-state index in [1.54, 1.807) is 6.20 Å². The molecule has 16 heavy (non-hydrogen) atoms. The van der Waals surface area contributed by atoms with Crippen LogP contribution in [0.1, 0.15) is 49.9 Å². The zero-order valence-electron chi connectivity index (χ0n) is 9.70. The van der Waals surface area contributed by atoms with Crippen molar-refractivity contribution < 1.29 is 0 Å². The van der Waals surface area contributed by atoms with Crippen molar-refractivity contribution in [2.45, 2.75) is 45.1 Å². The van der Waals surface area contributed by atoms with Crippen LogP contribution < -0.4 is 11.3 Å². The molecule has 1 aromatic heterocycles. The number of H-pyrrole nitrogens is 1. The maximum atomic E-state index is 11.6. The molecular formula is C12H19N3O. The molecule has 1 saturated carbocycles. The minimum Gasteiger partial charge on any atom is -0.326 e. The van der Waals surface area contributed by atoms with Gasteiger partial charge in [-0.2, -0.15) is 0 Å². The van der Waals surface area contributed by atoms with E-state index in [9.17, 15) is 4.79 Å². The first-order chi connectivity index (χ1) is 7.70. The van der Waals surface area contributed by atoms with E-state index in [4.69, 9.17) is 5.73 Å². The van der Waals surface area contributed by atoms with Gasteiger partial charge in [0.15, 0.2) is 0 Å². The Bertz CT molecular complexity index is 413. The molecular weight excluding hydrogens is 202 g/mol. The first-order valence-corrected chi connectivity index (χ1v) is 5.99. The van der Waals surface area contributed by atoms with Crippen molar-refractivity contribution in [2.24, 2.45) is 11.7 Å². The maximum absolute atomic E-state index is 11.6. The molecule has 0 aliphatic heterocycles. The van der Waals surface area contributed by atoms with Gasteiger partial charge in [-0.05, 0) is 18.8 Å². The van der Waals surface area contributed by atoms with Crippen LogP contribution in [0.15, 0.2) is 11.0 Å². The number of nitrogens with two attached hydrogens (primary N) is 1. The Labute approximate surface area is 95.3 Å². The molecule has 0 radical (unpaired) electrons. The van der Waals surface area contributed by atoms with Crippen LogP contribution in [-0.2, 0) is 6.54 Å². The van der Waals surface area contributed by atoms with Gasteiger partial charge >= 0.3 is 0 Å². The normalized spacial score (nSPS) is 25.6. The van der Waals surface area contributed by atoms with Crippen molar-refractivity contribution in [3.63, 3.8) is 0 Å². The molecule has 0 saturated heterocycles. The summed E-state index contributed by atoms with van der Waals surface area (Å²) in [5.74, 6) is 2.00. The van der Waals surface area contributed by atoms with Crippen molar-refractivity contribution in [1.82, 2.24) is 9.97 Å². The molecule has 1 aliphatic carbocycles. The lowest BCUT2D eigenvalue weighted by atomic mass is 9.82. The number of nitrogens with zero attached hydrogens (tertiary/aromatic N) is 1. The molecule has 0 aromatic carbocycles. The van der Waals surface area contributed by atoms with Gasteiger partial charge in [-0.25, -0.2) is 4.98 Å². The van der Waals surface area contributed by atoms with Gasteiger partial charge in [0.1, 0.15) is 5.82 Å². The van der Waals surface area contributed by atoms with E-state index in [-0.39, 0.29) is 12.1 Å². The molecule has 1 aromatic rings. The highest BCUT2D eigenvalue weighted by molar-refractivity contribution is 5.08. The standard InChI is InChI=1S/C12H19N3O/c1-8-3-2-4-9(5-8)11-14-7-10(6-13)12(16)15-11/h7-9H,2-6,13H2,1H3,(H,14,15,16). The molecule has 1 fully saturated rings. The quantitative estimate of drug-likeness (QED) is 0.795. The summed E-state index contributed by atoms with van der Waals surface area (Å²) in [6.45, 7) is 2.52. The van der Waals surface area contributed by atoms with Gasteiger partial charge in [-0.1, -0.05) is 19.8 Å². The smallest absolute Gasteiger partial charge is 0.255 e. The van der Waals surface area contributed by atoms with E-state index in [1.165, 1.54) is 12.8 Å². The molecule has 4 nitrogen and oxygen atoms in total. The molecule has 1 heterocycles. The molecule has 2 atom stereocenters. The third-order valence-electron chi connectivity index (χ3n) is 3.44. The fourth-order valence-electron chi connectivity index (χ4n) is 2.47. The van der Waals surface area contributed by atoms with E-state index in [0.717, 1.165) is 24.6 Å². The third kappa shape index (κ3) is 2.32. The highest BCUT2D eigenvalue weighted by atomic mass is 16.1. The zero-order chi connectivity index (χ0) is 11.5. The zero-order valence-corrected chi connectivity index (χ0v) is 9.70. The molecule has 1 aliphatic rings. The predicted molar refractivity (Wildman–Crippen MR) is 63.1 cm³/mol. The summed E-state index contributed by atoms with van der Waals surface area (Å²) >= 11 is 0. The lowest BCUT2D eigenvalue weighted by Gasteiger charge is -2.25. The van der Waals surface area contributed by atoms with Gasteiger partial charge in [0.05, 0.1) is 0 Å². The molecule has 0 bridgehead atoms. The summed E-state index contributed by atoms with van der Waals surface area (Å²) in [5.41, 5.74) is 5.93. The van der Waals surface area contributed by atoms with Gasteiger partial charge < -0.3 is 10.7 Å². The lowest BCUT2D eigenvalue weighted by molar-refractivity contribution is 0.334. The maximum Gasteiger partial charge on any atom is 0.255 e. The van der Waals surface area contributed by atoms with Crippen LogP contribution in [-0.4, -0.2) is 9.97 Å². The van der Waals surface area contributed by atoms with Crippen LogP contribution in [0.5, 0.6) is 0 Å². The van der Waals surface area contributed by atoms with E-state index in [0.29, 0.717) is 11.5 Å². The van der Waals surface area contributed by atoms with Crippen LogP contribution in [0.4, 0.5) is 0 Å². The minimum atomic E-state index is -0.0780. The Kier molecular flexibility index (Phi) is 3.39. The highest BCUT2D eigenvalue weighted by Gasteiger charge is 2.22. The predicted octanol–water partition coefficient (Wildman–Crippen LogP) is 1.52. The number of nitrogens with one attached hydrogen (secondary N) is 1. The number of aromatic amines is 1. The number of hydrogen-bond acceptors (Lipinski definition) is 3. The van der Waals surface area contributed by atoms with Crippen LogP contribution in [0.2, 0.25) is 0 Å². The van der Waals surface area contributed by atoms with Crippen molar-refractivity contribution in [2.75, 3.05) is 0 Å². The van der Waals surface area contributed by atoms with E-state index in [2.05, 4.69) is 16.9 Å². The Morgan fingerprint density at radius 3 is 3.00 bits per heavy atom. The SMILES string of the molecule is CC1CCCC(c2ncc(CN)c(=O)[nH]2)C1. The Morgan fingerprint density at radius 2 is 2.38 bits per heavy atom. The van der Waals surface area contributed by atoms with E-state index >= 15 is 0 Å². The second kappa shape index (κ2) is 4.78. The van der Waals surface area contributed by atoms with Crippen molar-refractivity contribution in [3.8, 4) is 0 Å². The average molecular weight is 221 g/mol. The van der Waals surface area contributed by atoms with Crippen molar-refractivity contribution >= 4 is 0 Å². The average Bonchev–Trinajstić information content (AvgIpc) is 2.29. The van der Waals surface area contributed by atoms with Crippen LogP contribution in [0.3, 0.4) is 0 Å². The second-order valence-corrected chi connectivity index (χ2v) is 4.80. The Hall–Kier alpha value is -1.16. The fraction of sp³-hybridized carbons (Fsp3) is 0.667. The molecule has 2 unspecified atom stereocenters. The van der Waals surface area contributed by atoms with Gasteiger partial charge in [-0.15, -0.1) is 0 Å². The fourth-order valence-corrected chi connectivity index (χ4v) is 2.47. The monoisotopic (exact) mass is 221 g/mol. The second-order valence-electron chi connectivity index (χ2n) is 4.80. The summed E-state index contributed by atoms with van der Waals surface area (Å²) in [5, 5.41) is 0. The Balaban J connectivity index is 2.20. The number of hydrogen-bond donors (Lipinski definition) is 2. The number of aromatic nitrogens is 2. The number of rotatable bonds is 2. The molecule has 88 valence electrons. The first kappa shape index (κ1) is 11.3. The third-order valence-corrected chi connectivity index (χ3v) is 3.44. The first-order valence-electron chi connectivity index (χ1n) is 5.99. The van der Waals surface area contributed by atoms with Gasteiger partial charge in [-0.3, -0.25) is 4.79 Å². The molecule has 3 N–H and O–H groups in total. The van der Waals surface area contributed by atoms with E-state index in [1.807, 2.05) is 0 Å². The molecule has 2 rings (SSSR count). The van der Waals surface area contributed by atoms with E-state index < -0.39 is 0 Å². The largest absolute Gasteiger partial charge is 0.326 e. The summed E-state index contributed by atoms with van der Waals surface area (Å²) in [7, 11) is 0. The minimum absolute atomic E-state index is 0.0780. The van der Waals surface area contributed by atoms with Gasteiger partial charge in [0.2, 0.25) is 0 Å². The summed E-state index contributed by atoms with van der Waals surface area (Å²) in [4.78, 5) is 18.8. The van der Waals surface area contributed by atoms with Crippen molar-refractivity contribution in [3.05, 3.63) is 27.9 Å². The highest BCUT2D eigenvalue weighted by Crippen LogP contribution is 2.33. The van der Waals surface area contributed by atoms with Crippen LogP contribution in [0.25, 0.3) is 0 Å². The lowest BCUT2D eigenvalue weighted by Crippen LogP contribution is -2.22. The molecule has 0 amide bonds. The van der Waals surface area contributed by atoms with Gasteiger partial charge in [0, 0.05) is 24.2 Å². The molecule has 4 heteroatoms. The Morgan fingerprint density at radius 1 is 1.56 bits per heavy atom. The summed E-state index contributed by atoms with van der Waals surface area (Å²) in [6.07, 6.45) is 6.41. The van der Waals surface area contributed by atoms with Crippen molar-refractivity contribution in [1.29, 1.82) is 0 Å². The summed E-state index contributed by atoms with van der Waals surface area (Å²) in [6, 6.07) is 0. The summed E-state index contributed by atoms with van der Waals surface area (Å²) < 4.78 is 0. The van der Waals surface area contributed by atoms with Gasteiger partial charge in [0.25, 0.3) is 5.56 Å². The van der Waals surface area contributed by atoms with Crippen LogP contribution in [0, 0.1) is 5.92 Å². The molecule has 0 spiro atoms. The topological polar surface area (TPSA) is 71.8 Å².